The molecule has 1 N–H and O–H groups in total. The van der Waals surface area contributed by atoms with Gasteiger partial charge in [0.15, 0.2) is 5.16 Å². The van der Waals surface area contributed by atoms with Gasteiger partial charge in [0.1, 0.15) is 0 Å². The first-order valence-electron chi connectivity index (χ1n) is 11.2. The van der Waals surface area contributed by atoms with E-state index in [1.807, 2.05) is 31.4 Å². The molecule has 2 atom stereocenters. The van der Waals surface area contributed by atoms with Crippen molar-refractivity contribution >= 4 is 38.7 Å². The van der Waals surface area contributed by atoms with Crippen LogP contribution in [-0.4, -0.2) is 53.1 Å². The standard InChI is InChI=1S/C22H34N4O3S2/c1-5-25(6-2)31(28,29)17-12-13-20-19(14-17)24-22(26(20)7-3)30-15-21(27)23-18-11-9-8-10-16(18)4/h12-14,16,18H,5-11,15H2,1-4H3,(H,23,27). The average molecular weight is 467 g/mol. The van der Waals surface area contributed by atoms with Gasteiger partial charge in [-0.25, -0.2) is 13.4 Å². The molecule has 1 aliphatic rings. The Labute approximate surface area is 190 Å². The van der Waals surface area contributed by atoms with Crippen molar-refractivity contribution in [3.8, 4) is 0 Å². The summed E-state index contributed by atoms with van der Waals surface area (Å²) in [6.45, 7) is 9.44. The van der Waals surface area contributed by atoms with Gasteiger partial charge >= 0.3 is 0 Å². The lowest BCUT2D eigenvalue weighted by Crippen LogP contribution is -2.41. The number of carbonyl (C=O) groups is 1. The van der Waals surface area contributed by atoms with Crippen LogP contribution in [0.5, 0.6) is 0 Å². The van der Waals surface area contributed by atoms with Crippen LogP contribution in [0.2, 0.25) is 0 Å². The van der Waals surface area contributed by atoms with Gasteiger partial charge < -0.3 is 9.88 Å². The molecule has 9 heteroatoms. The molecule has 1 saturated carbocycles. The molecule has 1 fully saturated rings. The SMILES string of the molecule is CCN(CC)S(=O)(=O)c1ccc2c(c1)nc(SCC(=O)NC1CCCCC1C)n2CC. The van der Waals surface area contributed by atoms with Crippen molar-refractivity contribution in [1.82, 2.24) is 19.2 Å². The van der Waals surface area contributed by atoms with Gasteiger partial charge in [-0.05, 0) is 43.9 Å². The van der Waals surface area contributed by atoms with E-state index in [9.17, 15) is 13.2 Å². The molecule has 2 aromatic rings. The zero-order valence-corrected chi connectivity index (χ0v) is 20.6. The van der Waals surface area contributed by atoms with Crippen LogP contribution in [0.25, 0.3) is 11.0 Å². The summed E-state index contributed by atoms with van der Waals surface area (Å²) < 4.78 is 29.2. The summed E-state index contributed by atoms with van der Waals surface area (Å²) >= 11 is 1.40. The number of carbonyl (C=O) groups excluding carboxylic acids is 1. The molecule has 0 aliphatic heterocycles. The Hall–Kier alpha value is -1.58. The fourth-order valence-electron chi connectivity index (χ4n) is 4.29. The second-order valence-corrected chi connectivity index (χ2v) is 11.0. The minimum absolute atomic E-state index is 0.0308. The molecule has 0 spiro atoms. The van der Waals surface area contributed by atoms with Gasteiger partial charge in [-0.2, -0.15) is 4.31 Å². The van der Waals surface area contributed by atoms with Gasteiger partial charge in [-0.1, -0.05) is 45.4 Å². The normalized spacial score (nSPS) is 19.8. The maximum absolute atomic E-state index is 12.9. The highest BCUT2D eigenvalue weighted by atomic mass is 32.2. The fourth-order valence-corrected chi connectivity index (χ4v) is 6.65. The molecule has 1 aliphatic carbocycles. The first kappa shape index (κ1) is 24.1. The molecule has 0 radical (unpaired) electrons. The Balaban J connectivity index is 1.77. The number of rotatable bonds is 9. The molecule has 31 heavy (non-hydrogen) atoms. The zero-order valence-electron chi connectivity index (χ0n) is 18.9. The quantitative estimate of drug-likeness (QED) is 0.567. The summed E-state index contributed by atoms with van der Waals surface area (Å²) in [5, 5.41) is 3.92. The van der Waals surface area contributed by atoms with Crippen LogP contribution >= 0.6 is 11.8 Å². The van der Waals surface area contributed by atoms with Crippen LogP contribution < -0.4 is 5.32 Å². The van der Waals surface area contributed by atoms with Crippen molar-refractivity contribution in [2.24, 2.45) is 5.92 Å². The molecule has 7 nitrogen and oxygen atoms in total. The lowest BCUT2D eigenvalue weighted by Gasteiger charge is -2.29. The molecule has 0 bridgehead atoms. The number of nitrogens with one attached hydrogen (secondary N) is 1. The van der Waals surface area contributed by atoms with Gasteiger partial charge in [0.2, 0.25) is 15.9 Å². The van der Waals surface area contributed by atoms with Gasteiger partial charge in [-0.15, -0.1) is 0 Å². The summed E-state index contributed by atoms with van der Waals surface area (Å²) in [5.41, 5.74) is 1.52. The van der Waals surface area contributed by atoms with Crippen LogP contribution in [0.15, 0.2) is 28.3 Å². The molecule has 1 aromatic carbocycles. The van der Waals surface area contributed by atoms with Crippen molar-refractivity contribution in [2.45, 2.75) is 76.0 Å². The lowest BCUT2D eigenvalue weighted by molar-refractivity contribution is -0.119. The summed E-state index contributed by atoms with van der Waals surface area (Å²) in [6.07, 6.45) is 4.64. The fraction of sp³-hybridized carbons (Fsp3) is 0.636. The molecule has 172 valence electrons. The molecule has 2 unspecified atom stereocenters. The number of imidazole rings is 1. The number of benzene rings is 1. The number of aryl methyl sites for hydroxylation is 1. The molecule has 1 aromatic heterocycles. The first-order valence-corrected chi connectivity index (χ1v) is 13.7. The lowest BCUT2D eigenvalue weighted by atomic mass is 9.86. The van der Waals surface area contributed by atoms with Gasteiger partial charge in [0, 0.05) is 25.7 Å². The highest BCUT2D eigenvalue weighted by Gasteiger charge is 2.24. The van der Waals surface area contributed by atoms with E-state index in [0.717, 1.165) is 17.1 Å². The topological polar surface area (TPSA) is 84.3 Å². The van der Waals surface area contributed by atoms with E-state index in [1.165, 1.54) is 35.3 Å². The molecular formula is C22H34N4O3S2. The molecule has 1 amide bonds. The first-order chi connectivity index (χ1) is 14.8. The van der Waals surface area contributed by atoms with E-state index in [0.29, 0.717) is 36.8 Å². The average Bonchev–Trinajstić information content (AvgIpc) is 3.11. The predicted octanol–water partition coefficient (Wildman–Crippen LogP) is 3.87. The summed E-state index contributed by atoms with van der Waals surface area (Å²) in [6, 6.07) is 5.37. The minimum atomic E-state index is -3.54. The third kappa shape index (κ3) is 5.26. The van der Waals surface area contributed by atoms with Crippen molar-refractivity contribution in [1.29, 1.82) is 0 Å². The van der Waals surface area contributed by atoms with Gasteiger partial charge in [-0.3, -0.25) is 4.79 Å². The minimum Gasteiger partial charge on any atom is -0.352 e. The van der Waals surface area contributed by atoms with Crippen molar-refractivity contribution < 1.29 is 13.2 Å². The number of fused-ring (bicyclic) bond motifs is 1. The van der Waals surface area contributed by atoms with Gasteiger partial charge in [0.25, 0.3) is 0 Å². The Morgan fingerprint density at radius 2 is 1.94 bits per heavy atom. The van der Waals surface area contributed by atoms with Crippen LogP contribution in [0.1, 0.15) is 53.4 Å². The van der Waals surface area contributed by atoms with Crippen LogP contribution in [0, 0.1) is 5.92 Å². The van der Waals surface area contributed by atoms with Crippen molar-refractivity contribution in [3.05, 3.63) is 18.2 Å². The predicted molar refractivity (Wildman–Crippen MR) is 126 cm³/mol. The second-order valence-electron chi connectivity index (χ2n) is 8.10. The van der Waals surface area contributed by atoms with E-state index >= 15 is 0 Å². The number of hydrogen-bond acceptors (Lipinski definition) is 5. The molecule has 3 rings (SSSR count). The number of nitrogens with zero attached hydrogens (tertiary/aromatic N) is 3. The van der Waals surface area contributed by atoms with E-state index in [-0.39, 0.29) is 16.8 Å². The molecule has 1 heterocycles. The monoisotopic (exact) mass is 466 g/mol. The third-order valence-electron chi connectivity index (χ3n) is 6.13. The van der Waals surface area contributed by atoms with Gasteiger partial charge in [0.05, 0.1) is 21.7 Å². The maximum atomic E-state index is 12.9. The Morgan fingerprint density at radius 1 is 1.23 bits per heavy atom. The van der Waals surface area contributed by atoms with Crippen LogP contribution in [0.3, 0.4) is 0 Å². The van der Waals surface area contributed by atoms with Crippen LogP contribution in [-0.2, 0) is 21.4 Å². The maximum Gasteiger partial charge on any atom is 0.243 e. The van der Waals surface area contributed by atoms with E-state index in [2.05, 4.69) is 17.2 Å². The zero-order chi connectivity index (χ0) is 22.6. The smallest absolute Gasteiger partial charge is 0.243 e. The number of sulfonamides is 1. The Morgan fingerprint density at radius 3 is 2.58 bits per heavy atom. The van der Waals surface area contributed by atoms with E-state index < -0.39 is 10.0 Å². The largest absolute Gasteiger partial charge is 0.352 e. The number of aromatic nitrogens is 2. The highest BCUT2D eigenvalue weighted by Crippen LogP contribution is 2.28. The Kier molecular flexibility index (Phi) is 8.04. The highest BCUT2D eigenvalue weighted by molar-refractivity contribution is 7.99. The van der Waals surface area contributed by atoms with Crippen molar-refractivity contribution in [2.75, 3.05) is 18.8 Å². The summed E-state index contributed by atoms with van der Waals surface area (Å²) in [7, 11) is -3.54. The summed E-state index contributed by atoms with van der Waals surface area (Å²) in [4.78, 5) is 17.4. The molecule has 0 saturated heterocycles. The Bertz CT molecular complexity index is 1020. The van der Waals surface area contributed by atoms with Crippen molar-refractivity contribution in [3.63, 3.8) is 0 Å². The third-order valence-corrected chi connectivity index (χ3v) is 9.16. The summed E-state index contributed by atoms with van der Waals surface area (Å²) in [5.74, 6) is 0.856. The molecular weight excluding hydrogens is 432 g/mol. The number of amides is 1. The second kappa shape index (κ2) is 10.4. The number of hydrogen-bond donors (Lipinski definition) is 1. The van der Waals surface area contributed by atoms with E-state index in [4.69, 9.17) is 0 Å². The van der Waals surface area contributed by atoms with Crippen LogP contribution in [0.4, 0.5) is 0 Å². The van der Waals surface area contributed by atoms with E-state index in [1.54, 1.807) is 12.1 Å². The number of thioether (sulfide) groups is 1.